The molecular formula is C17H15F3N4O2S. The quantitative estimate of drug-likeness (QED) is 0.689. The molecule has 0 aromatic carbocycles. The molecule has 0 aliphatic carbocycles. The summed E-state index contributed by atoms with van der Waals surface area (Å²) in [4.78, 5) is 20.3. The highest BCUT2D eigenvalue weighted by Crippen LogP contribution is 2.25. The molecule has 0 aliphatic heterocycles. The second kappa shape index (κ2) is 7.87. The number of alkyl halides is 3. The SMILES string of the molecule is Cc1onc(-c2ccccn2)c1CCc1ncc(C(=O)NCC(F)(F)F)s1. The van der Waals surface area contributed by atoms with Crippen LogP contribution in [0, 0.1) is 6.92 Å². The molecule has 3 aromatic heterocycles. The Bertz CT molecular complexity index is 922. The van der Waals surface area contributed by atoms with Gasteiger partial charge in [0.25, 0.3) is 5.91 Å². The van der Waals surface area contributed by atoms with Gasteiger partial charge < -0.3 is 9.84 Å². The minimum absolute atomic E-state index is 0.140. The van der Waals surface area contributed by atoms with E-state index in [-0.39, 0.29) is 4.88 Å². The standard InChI is InChI=1S/C17H15F3N4O2S/c1-10-11(15(24-26-10)12-4-2-3-7-21-12)5-6-14-22-8-13(27-14)16(25)23-9-17(18,19)20/h2-4,7-8H,5-6,9H2,1H3,(H,23,25). The zero-order chi connectivity index (χ0) is 19.4. The molecule has 3 aromatic rings. The molecule has 0 unspecified atom stereocenters. The molecule has 0 fully saturated rings. The van der Waals surface area contributed by atoms with Crippen LogP contribution in [-0.2, 0) is 12.8 Å². The van der Waals surface area contributed by atoms with E-state index in [0.717, 1.165) is 16.9 Å². The molecule has 0 saturated heterocycles. The fraction of sp³-hybridized carbons (Fsp3) is 0.294. The third kappa shape index (κ3) is 4.91. The number of amides is 1. The van der Waals surface area contributed by atoms with Crippen molar-refractivity contribution in [3.05, 3.63) is 51.8 Å². The Morgan fingerprint density at radius 1 is 1.26 bits per heavy atom. The average Bonchev–Trinajstić information content (AvgIpc) is 3.25. The average molecular weight is 396 g/mol. The lowest BCUT2D eigenvalue weighted by Gasteiger charge is -2.06. The molecule has 0 saturated carbocycles. The fourth-order valence-corrected chi connectivity index (χ4v) is 3.25. The van der Waals surface area contributed by atoms with Gasteiger partial charge in [-0.3, -0.25) is 9.78 Å². The van der Waals surface area contributed by atoms with Crippen molar-refractivity contribution in [1.82, 2.24) is 20.4 Å². The molecule has 0 radical (unpaired) electrons. The maximum Gasteiger partial charge on any atom is 0.405 e. The normalized spacial score (nSPS) is 11.6. The Hall–Kier alpha value is -2.75. The predicted molar refractivity (Wildman–Crippen MR) is 92.4 cm³/mol. The van der Waals surface area contributed by atoms with Crippen LogP contribution in [-0.4, -0.2) is 33.8 Å². The monoisotopic (exact) mass is 396 g/mol. The van der Waals surface area contributed by atoms with Crippen LogP contribution in [0.25, 0.3) is 11.4 Å². The lowest BCUT2D eigenvalue weighted by Crippen LogP contribution is -2.33. The summed E-state index contributed by atoms with van der Waals surface area (Å²) in [5.41, 5.74) is 2.22. The summed E-state index contributed by atoms with van der Waals surface area (Å²) in [7, 11) is 0. The number of thiazole rings is 1. The zero-order valence-corrected chi connectivity index (χ0v) is 15.0. The number of aryl methyl sites for hydroxylation is 2. The van der Waals surface area contributed by atoms with E-state index in [2.05, 4.69) is 15.1 Å². The summed E-state index contributed by atoms with van der Waals surface area (Å²) in [6, 6.07) is 5.48. The van der Waals surface area contributed by atoms with Crippen LogP contribution < -0.4 is 5.32 Å². The van der Waals surface area contributed by atoms with Crippen LogP contribution in [0.5, 0.6) is 0 Å². The largest absolute Gasteiger partial charge is 0.405 e. The number of carbonyl (C=O) groups is 1. The molecule has 27 heavy (non-hydrogen) atoms. The predicted octanol–water partition coefficient (Wildman–Crippen LogP) is 3.58. The van der Waals surface area contributed by atoms with E-state index in [1.54, 1.807) is 19.2 Å². The van der Waals surface area contributed by atoms with E-state index in [0.29, 0.717) is 35.0 Å². The summed E-state index contributed by atoms with van der Waals surface area (Å²) >= 11 is 1.06. The van der Waals surface area contributed by atoms with Crippen LogP contribution in [0.2, 0.25) is 0 Å². The van der Waals surface area contributed by atoms with Gasteiger partial charge in [0.1, 0.15) is 22.9 Å². The van der Waals surface area contributed by atoms with E-state index in [1.807, 2.05) is 17.4 Å². The van der Waals surface area contributed by atoms with E-state index >= 15 is 0 Å². The molecule has 0 atom stereocenters. The number of carbonyl (C=O) groups excluding carboxylic acids is 1. The van der Waals surface area contributed by atoms with Crippen LogP contribution in [0.4, 0.5) is 13.2 Å². The van der Waals surface area contributed by atoms with Gasteiger partial charge in [-0.25, -0.2) is 4.98 Å². The maximum atomic E-state index is 12.2. The van der Waals surface area contributed by atoms with Crippen molar-refractivity contribution in [3.63, 3.8) is 0 Å². The number of rotatable bonds is 6. The molecule has 6 nitrogen and oxygen atoms in total. The molecular weight excluding hydrogens is 381 g/mol. The van der Waals surface area contributed by atoms with Crippen LogP contribution in [0.1, 0.15) is 26.0 Å². The first-order chi connectivity index (χ1) is 12.8. The van der Waals surface area contributed by atoms with E-state index in [1.165, 1.54) is 6.20 Å². The molecule has 0 bridgehead atoms. The van der Waals surface area contributed by atoms with Crippen molar-refractivity contribution in [2.45, 2.75) is 25.9 Å². The van der Waals surface area contributed by atoms with Crippen molar-refractivity contribution >= 4 is 17.2 Å². The minimum Gasteiger partial charge on any atom is -0.361 e. The van der Waals surface area contributed by atoms with Gasteiger partial charge in [0.2, 0.25) is 0 Å². The van der Waals surface area contributed by atoms with E-state index in [9.17, 15) is 18.0 Å². The first-order valence-corrected chi connectivity index (χ1v) is 8.81. The molecule has 1 N–H and O–H groups in total. The number of aromatic nitrogens is 3. The van der Waals surface area contributed by atoms with Crippen molar-refractivity contribution in [2.75, 3.05) is 6.54 Å². The van der Waals surface area contributed by atoms with Gasteiger partial charge in [0.15, 0.2) is 0 Å². The molecule has 0 aliphatic rings. The van der Waals surface area contributed by atoms with Crippen LogP contribution in [0.3, 0.4) is 0 Å². The Kier molecular flexibility index (Phi) is 5.54. The van der Waals surface area contributed by atoms with Crippen molar-refractivity contribution < 1.29 is 22.5 Å². The molecule has 142 valence electrons. The number of hydrogen-bond donors (Lipinski definition) is 1. The second-order valence-corrected chi connectivity index (χ2v) is 6.81. The van der Waals surface area contributed by atoms with Crippen molar-refractivity contribution in [3.8, 4) is 11.4 Å². The van der Waals surface area contributed by atoms with Gasteiger partial charge in [-0.05, 0) is 25.5 Å². The number of nitrogens with one attached hydrogen (secondary N) is 1. The highest BCUT2D eigenvalue weighted by atomic mass is 32.1. The van der Waals surface area contributed by atoms with Gasteiger partial charge in [-0.1, -0.05) is 11.2 Å². The lowest BCUT2D eigenvalue weighted by atomic mass is 10.1. The summed E-state index contributed by atoms with van der Waals surface area (Å²) in [5.74, 6) is -0.123. The summed E-state index contributed by atoms with van der Waals surface area (Å²) in [5, 5.41) is 6.53. The van der Waals surface area contributed by atoms with Gasteiger partial charge in [-0.15, -0.1) is 11.3 Å². The summed E-state index contributed by atoms with van der Waals surface area (Å²) in [6.07, 6.45) is -0.448. The topological polar surface area (TPSA) is 80.9 Å². The first kappa shape index (κ1) is 19.0. The van der Waals surface area contributed by atoms with Crippen LogP contribution >= 0.6 is 11.3 Å². The number of hydrogen-bond acceptors (Lipinski definition) is 6. The number of halogens is 3. The molecule has 3 heterocycles. The maximum absolute atomic E-state index is 12.2. The molecule has 1 amide bonds. The van der Waals surface area contributed by atoms with Gasteiger partial charge in [-0.2, -0.15) is 13.2 Å². The number of pyridine rings is 1. The minimum atomic E-state index is -4.45. The van der Waals surface area contributed by atoms with E-state index in [4.69, 9.17) is 4.52 Å². The lowest BCUT2D eigenvalue weighted by molar-refractivity contribution is -0.123. The first-order valence-electron chi connectivity index (χ1n) is 7.99. The summed E-state index contributed by atoms with van der Waals surface area (Å²) in [6.45, 7) is 0.430. The van der Waals surface area contributed by atoms with Crippen molar-refractivity contribution in [2.24, 2.45) is 0 Å². The van der Waals surface area contributed by atoms with Gasteiger partial charge in [0.05, 0.1) is 16.9 Å². The highest BCUT2D eigenvalue weighted by Gasteiger charge is 2.28. The third-order valence-corrected chi connectivity index (χ3v) is 4.76. The zero-order valence-electron chi connectivity index (χ0n) is 14.2. The van der Waals surface area contributed by atoms with Gasteiger partial charge >= 0.3 is 6.18 Å². The van der Waals surface area contributed by atoms with Gasteiger partial charge in [0, 0.05) is 18.2 Å². The Morgan fingerprint density at radius 3 is 2.78 bits per heavy atom. The third-order valence-electron chi connectivity index (χ3n) is 3.71. The Labute approximate surface area is 156 Å². The molecule has 10 heteroatoms. The Balaban J connectivity index is 1.66. The smallest absolute Gasteiger partial charge is 0.361 e. The Morgan fingerprint density at radius 2 is 2.07 bits per heavy atom. The molecule has 0 spiro atoms. The highest BCUT2D eigenvalue weighted by molar-refractivity contribution is 7.13. The number of nitrogens with zero attached hydrogens (tertiary/aromatic N) is 3. The molecule has 3 rings (SSSR count). The van der Waals surface area contributed by atoms with Crippen LogP contribution in [0.15, 0.2) is 35.1 Å². The fourth-order valence-electron chi connectivity index (χ4n) is 2.42. The summed E-state index contributed by atoms with van der Waals surface area (Å²) < 4.78 is 41.8. The van der Waals surface area contributed by atoms with E-state index < -0.39 is 18.6 Å². The second-order valence-electron chi connectivity index (χ2n) is 5.70. The van der Waals surface area contributed by atoms with Crippen molar-refractivity contribution in [1.29, 1.82) is 0 Å².